The van der Waals surface area contributed by atoms with Crippen LogP contribution in [0.3, 0.4) is 0 Å². The first kappa shape index (κ1) is 27.0. The highest BCUT2D eigenvalue weighted by Crippen LogP contribution is 2.28. The number of carboxylic acids is 1. The summed E-state index contributed by atoms with van der Waals surface area (Å²) < 4.78 is 2.12. The summed E-state index contributed by atoms with van der Waals surface area (Å²) in [6.45, 7) is 3.40. The molecule has 0 aliphatic rings. The minimum atomic E-state index is -1.03. The third-order valence-corrected chi connectivity index (χ3v) is 7.08. The van der Waals surface area contributed by atoms with Crippen LogP contribution in [0, 0.1) is 6.92 Å². The second-order valence-corrected chi connectivity index (χ2v) is 10.1. The van der Waals surface area contributed by atoms with Crippen molar-refractivity contribution in [1.29, 1.82) is 0 Å². The van der Waals surface area contributed by atoms with E-state index in [1.165, 1.54) is 11.1 Å². The molecule has 0 aliphatic carbocycles. The molecule has 1 atom stereocenters. The number of amides is 1. The molecular weight excluding hydrogens is 496 g/mol. The van der Waals surface area contributed by atoms with E-state index in [9.17, 15) is 14.7 Å². The first-order valence-electron chi connectivity index (χ1n) is 12.5. The molecule has 0 bridgehead atoms. The van der Waals surface area contributed by atoms with Gasteiger partial charge in [-0.2, -0.15) is 11.8 Å². The van der Waals surface area contributed by atoms with Crippen LogP contribution in [0.2, 0.25) is 0 Å². The number of carboxylic acid groups (broad SMARTS) is 1. The van der Waals surface area contributed by atoms with Gasteiger partial charge in [-0.1, -0.05) is 54.6 Å². The smallest absolute Gasteiger partial charge is 0.326 e. The molecule has 4 rings (SSSR count). The van der Waals surface area contributed by atoms with Crippen molar-refractivity contribution in [2.75, 3.05) is 17.3 Å². The average molecular weight is 529 g/mol. The van der Waals surface area contributed by atoms with E-state index in [-0.39, 0.29) is 0 Å². The van der Waals surface area contributed by atoms with Crippen LogP contribution in [0.15, 0.2) is 85.3 Å². The summed E-state index contributed by atoms with van der Waals surface area (Å²) in [7, 11) is 0. The van der Waals surface area contributed by atoms with Gasteiger partial charge >= 0.3 is 5.97 Å². The van der Waals surface area contributed by atoms with E-state index in [4.69, 9.17) is 0 Å². The molecule has 7 nitrogen and oxygen atoms in total. The van der Waals surface area contributed by atoms with Gasteiger partial charge in [-0.25, -0.2) is 9.78 Å². The second-order valence-electron chi connectivity index (χ2n) is 9.07. The van der Waals surface area contributed by atoms with Crippen LogP contribution in [0.5, 0.6) is 0 Å². The number of nitrogens with zero attached hydrogens (tertiary/aromatic N) is 2. The van der Waals surface area contributed by atoms with E-state index in [0.717, 1.165) is 29.1 Å². The Kier molecular flexibility index (Phi) is 9.21. The van der Waals surface area contributed by atoms with E-state index in [2.05, 4.69) is 39.2 Å². The van der Waals surface area contributed by atoms with Gasteiger partial charge < -0.3 is 20.3 Å². The molecule has 1 amide bonds. The lowest BCUT2D eigenvalue weighted by Crippen LogP contribution is -2.41. The monoisotopic (exact) mass is 528 g/mol. The zero-order chi connectivity index (χ0) is 26.9. The fourth-order valence-corrected chi connectivity index (χ4v) is 4.71. The number of aryl methyl sites for hydroxylation is 1. The van der Waals surface area contributed by atoms with Gasteiger partial charge in [0.05, 0.1) is 18.6 Å². The summed E-state index contributed by atoms with van der Waals surface area (Å²) in [5.74, 6) is -0.791. The average Bonchev–Trinajstić information content (AvgIpc) is 3.38. The largest absolute Gasteiger partial charge is 0.480 e. The molecule has 38 heavy (non-hydrogen) atoms. The third kappa shape index (κ3) is 6.83. The normalized spacial score (nSPS) is 11.6. The Balaban J connectivity index is 1.55. The molecule has 0 spiro atoms. The lowest BCUT2D eigenvalue weighted by atomic mass is 9.98. The van der Waals surface area contributed by atoms with Crippen molar-refractivity contribution < 1.29 is 14.7 Å². The van der Waals surface area contributed by atoms with Gasteiger partial charge in [-0.05, 0) is 65.8 Å². The zero-order valence-corrected chi connectivity index (χ0v) is 22.4. The van der Waals surface area contributed by atoms with Gasteiger partial charge in [0.25, 0.3) is 5.91 Å². The molecule has 8 heteroatoms. The predicted molar refractivity (Wildman–Crippen MR) is 154 cm³/mol. The quantitative estimate of drug-likeness (QED) is 0.226. The maximum atomic E-state index is 13.2. The Hall–Kier alpha value is -4.04. The number of benzene rings is 3. The standard InChI is InChI=1S/C30H32N4O3S/c1-21-8-6-7-11-23(21)19-34-20-31-17-25(34)18-32-24-12-13-26(27(16-24)22-9-4-3-5-10-22)29(35)33-28(30(36)37)14-15-38-2/h3-13,16-17,20,28,32H,14-15,18-19H2,1-2H3,(H,33,35)(H,36,37)/t28-/m0/s1. The summed E-state index contributed by atoms with van der Waals surface area (Å²) >= 11 is 1.55. The minimum absolute atomic E-state index is 0.360. The van der Waals surface area contributed by atoms with Gasteiger partial charge in [0.15, 0.2) is 0 Å². The second kappa shape index (κ2) is 13.0. The number of nitrogens with one attached hydrogen (secondary N) is 2. The SMILES string of the molecule is CSCC[C@H](NC(=O)c1ccc(NCc2cncn2Cc2ccccc2C)cc1-c1ccccc1)C(=O)O. The van der Waals surface area contributed by atoms with Crippen LogP contribution in [-0.4, -0.2) is 44.6 Å². The molecule has 3 aromatic carbocycles. The molecule has 196 valence electrons. The number of imidazole rings is 1. The first-order chi connectivity index (χ1) is 18.5. The van der Waals surface area contributed by atoms with Crippen molar-refractivity contribution in [3.63, 3.8) is 0 Å². The Bertz CT molecular complexity index is 1390. The van der Waals surface area contributed by atoms with E-state index >= 15 is 0 Å². The Morgan fingerprint density at radius 3 is 2.55 bits per heavy atom. The summed E-state index contributed by atoms with van der Waals surface area (Å²) in [6, 6.07) is 22.5. The Labute approximate surface area is 227 Å². The highest BCUT2D eigenvalue weighted by atomic mass is 32.2. The van der Waals surface area contributed by atoms with E-state index in [1.54, 1.807) is 17.8 Å². The van der Waals surface area contributed by atoms with Crippen molar-refractivity contribution in [2.24, 2.45) is 0 Å². The van der Waals surface area contributed by atoms with Gasteiger partial charge in [-0.15, -0.1) is 0 Å². The number of carbonyl (C=O) groups excluding carboxylic acids is 1. The molecule has 1 heterocycles. The Morgan fingerprint density at radius 1 is 1.05 bits per heavy atom. The number of rotatable bonds is 12. The number of hydrogen-bond donors (Lipinski definition) is 3. The van der Waals surface area contributed by atoms with Gasteiger partial charge in [-0.3, -0.25) is 4.79 Å². The van der Waals surface area contributed by atoms with Crippen LogP contribution in [0.1, 0.15) is 33.6 Å². The number of carbonyl (C=O) groups is 2. The molecule has 3 N–H and O–H groups in total. The van der Waals surface area contributed by atoms with Gasteiger partial charge in [0.2, 0.25) is 0 Å². The summed E-state index contributed by atoms with van der Waals surface area (Å²) in [6.07, 6.45) is 5.96. The zero-order valence-electron chi connectivity index (χ0n) is 21.6. The van der Waals surface area contributed by atoms with E-state index in [1.807, 2.05) is 73.4 Å². The number of aliphatic carboxylic acids is 1. The fourth-order valence-electron chi connectivity index (χ4n) is 4.24. The van der Waals surface area contributed by atoms with Crippen LogP contribution >= 0.6 is 11.8 Å². The van der Waals surface area contributed by atoms with Crippen LogP contribution < -0.4 is 10.6 Å². The van der Waals surface area contributed by atoms with Gasteiger partial charge in [0.1, 0.15) is 6.04 Å². The van der Waals surface area contributed by atoms with Crippen molar-refractivity contribution in [3.05, 3.63) is 108 Å². The lowest BCUT2D eigenvalue weighted by molar-refractivity contribution is -0.139. The van der Waals surface area contributed by atoms with Crippen LogP contribution in [0.4, 0.5) is 5.69 Å². The lowest BCUT2D eigenvalue weighted by Gasteiger charge is -2.17. The first-order valence-corrected chi connectivity index (χ1v) is 13.8. The fraction of sp³-hybridized carbons (Fsp3) is 0.233. The van der Waals surface area contributed by atoms with Crippen molar-refractivity contribution in [2.45, 2.75) is 32.5 Å². The molecule has 0 radical (unpaired) electrons. The molecule has 0 saturated heterocycles. The highest BCUT2D eigenvalue weighted by molar-refractivity contribution is 7.98. The summed E-state index contributed by atoms with van der Waals surface area (Å²) in [5.41, 5.74) is 6.40. The molecule has 0 saturated carbocycles. The van der Waals surface area contributed by atoms with Crippen LogP contribution in [0.25, 0.3) is 11.1 Å². The van der Waals surface area contributed by atoms with E-state index in [0.29, 0.717) is 24.3 Å². The number of hydrogen-bond acceptors (Lipinski definition) is 5. The topological polar surface area (TPSA) is 96.3 Å². The minimum Gasteiger partial charge on any atom is -0.480 e. The molecule has 4 aromatic rings. The van der Waals surface area contributed by atoms with Crippen LogP contribution in [-0.2, 0) is 17.9 Å². The molecule has 0 fully saturated rings. The molecular formula is C30H32N4O3S. The van der Waals surface area contributed by atoms with Crippen molar-refractivity contribution in [1.82, 2.24) is 14.9 Å². The number of aromatic nitrogens is 2. The number of thioether (sulfide) groups is 1. The number of anilines is 1. The molecule has 0 aliphatic heterocycles. The molecule has 0 unspecified atom stereocenters. The van der Waals surface area contributed by atoms with E-state index < -0.39 is 17.9 Å². The third-order valence-electron chi connectivity index (χ3n) is 6.44. The maximum absolute atomic E-state index is 13.2. The Morgan fingerprint density at radius 2 is 1.82 bits per heavy atom. The highest BCUT2D eigenvalue weighted by Gasteiger charge is 2.22. The maximum Gasteiger partial charge on any atom is 0.326 e. The van der Waals surface area contributed by atoms with Gasteiger partial charge in [0, 0.05) is 24.0 Å². The molecule has 1 aromatic heterocycles. The predicted octanol–water partition coefficient (Wildman–Crippen LogP) is 5.46. The summed E-state index contributed by atoms with van der Waals surface area (Å²) in [4.78, 5) is 29.3. The van der Waals surface area contributed by atoms with Crippen molar-refractivity contribution in [3.8, 4) is 11.1 Å². The van der Waals surface area contributed by atoms with Crippen molar-refractivity contribution >= 4 is 29.3 Å². The summed E-state index contributed by atoms with van der Waals surface area (Å²) in [5, 5.41) is 15.7.